The van der Waals surface area contributed by atoms with E-state index < -0.39 is 12.1 Å². The van der Waals surface area contributed by atoms with Gasteiger partial charge in [0.1, 0.15) is 0 Å². The molecule has 1 aromatic heterocycles. The number of carbonyl (C=O) groups is 1. The van der Waals surface area contributed by atoms with E-state index in [-0.39, 0.29) is 6.61 Å². The number of aliphatic hydroxyl groups is 2. The quantitative estimate of drug-likeness (QED) is 0.572. The van der Waals surface area contributed by atoms with Gasteiger partial charge in [0.2, 0.25) is 0 Å². The molecular weight excluding hydrogens is 230 g/mol. The summed E-state index contributed by atoms with van der Waals surface area (Å²) in [5.41, 5.74) is 0.415. The third-order valence-electron chi connectivity index (χ3n) is 1.79. The second-order valence-electron chi connectivity index (χ2n) is 3.02. The third-order valence-corrected chi connectivity index (χ3v) is 2.86. The van der Waals surface area contributed by atoms with Crippen molar-refractivity contribution in [2.75, 3.05) is 19.5 Å². The third kappa shape index (κ3) is 3.80. The fourth-order valence-corrected chi connectivity index (χ4v) is 1.78. The Bertz CT molecular complexity index is 358. The van der Waals surface area contributed by atoms with E-state index in [0.29, 0.717) is 16.3 Å². The maximum absolute atomic E-state index is 11.2. The zero-order valence-corrected chi connectivity index (χ0v) is 9.61. The molecule has 5 nitrogen and oxygen atoms in total. The van der Waals surface area contributed by atoms with Crippen LogP contribution in [0.1, 0.15) is 10.4 Å². The molecule has 0 fully saturated rings. The highest BCUT2D eigenvalue weighted by molar-refractivity contribution is 7.99. The van der Waals surface area contributed by atoms with Gasteiger partial charge in [0.25, 0.3) is 0 Å². The molecule has 0 aliphatic rings. The summed E-state index contributed by atoms with van der Waals surface area (Å²) < 4.78 is 4.57. The molecule has 1 aromatic rings. The summed E-state index contributed by atoms with van der Waals surface area (Å²) in [4.78, 5) is 15.2. The van der Waals surface area contributed by atoms with Crippen LogP contribution in [-0.4, -0.2) is 46.7 Å². The van der Waals surface area contributed by atoms with Crippen LogP contribution in [0.3, 0.4) is 0 Å². The van der Waals surface area contributed by atoms with Crippen LogP contribution in [0, 0.1) is 0 Å². The highest BCUT2D eigenvalue weighted by Crippen LogP contribution is 2.17. The van der Waals surface area contributed by atoms with E-state index in [0.717, 1.165) is 0 Å². The maximum Gasteiger partial charge on any atom is 0.337 e. The zero-order valence-electron chi connectivity index (χ0n) is 8.79. The van der Waals surface area contributed by atoms with Crippen molar-refractivity contribution >= 4 is 17.7 Å². The molecule has 0 aromatic carbocycles. The van der Waals surface area contributed by atoms with Gasteiger partial charge in [-0.15, -0.1) is 11.8 Å². The van der Waals surface area contributed by atoms with Gasteiger partial charge in [-0.3, -0.25) is 0 Å². The fraction of sp³-hybridized carbons (Fsp3) is 0.400. The van der Waals surface area contributed by atoms with Crippen molar-refractivity contribution in [3.8, 4) is 0 Å². The van der Waals surface area contributed by atoms with Gasteiger partial charge in [-0.2, -0.15) is 0 Å². The molecular formula is C10H13NO4S. The second-order valence-corrected chi connectivity index (χ2v) is 4.06. The molecule has 2 N–H and O–H groups in total. The molecule has 0 spiro atoms. The summed E-state index contributed by atoms with van der Waals surface area (Å²) in [5.74, 6) is -0.0966. The van der Waals surface area contributed by atoms with Gasteiger partial charge in [-0.05, 0) is 12.1 Å². The molecule has 1 rings (SSSR count). The summed E-state index contributed by atoms with van der Waals surface area (Å²) in [6, 6.07) is 3.14. The van der Waals surface area contributed by atoms with Crippen molar-refractivity contribution in [3.05, 3.63) is 23.9 Å². The molecule has 0 saturated carbocycles. The van der Waals surface area contributed by atoms with Crippen molar-refractivity contribution in [1.29, 1.82) is 0 Å². The lowest BCUT2D eigenvalue weighted by molar-refractivity contribution is 0.0600. The number of esters is 1. The average Bonchev–Trinajstić information content (AvgIpc) is 2.35. The smallest absolute Gasteiger partial charge is 0.337 e. The number of methoxy groups -OCH3 is 1. The highest BCUT2D eigenvalue weighted by Gasteiger charge is 2.08. The fourth-order valence-electron chi connectivity index (χ4n) is 0.967. The zero-order chi connectivity index (χ0) is 12.0. The van der Waals surface area contributed by atoms with Crippen LogP contribution in [0.5, 0.6) is 0 Å². The van der Waals surface area contributed by atoms with E-state index in [9.17, 15) is 4.79 Å². The minimum Gasteiger partial charge on any atom is -0.465 e. The largest absolute Gasteiger partial charge is 0.465 e. The van der Waals surface area contributed by atoms with Gasteiger partial charge < -0.3 is 14.9 Å². The Labute approximate surface area is 97.5 Å². The molecule has 0 aliphatic heterocycles. The average molecular weight is 243 g/mol. The molecule has 0 saturated heterocycles. The number of ether oxygens (including phenoxy) is 1. The van der Waals surface area contributed by atoms with Crippen molar-refractivity contribution in [1.82, 2.24) is 4.98 Å². The summed E-state index contributed by atoms with van der Waals surface area (Å²) in [6.07, 6.45) is 0.716. The topological polar surface area (TPSA) is 79.7 Å². The summed E-state index contributed by atoms with van der Waals surface area (Å²) >= 11 is 1.27. The Balaban J connectivity index is 2.64. The first-order valence-corrected chi connectivity index (χ1v) is 5.62. The molecule has 88 valence electrons. The Morgan fingerprint density at radius 1 is 1.69 bits per heavy atom. The predicted octanol–water partition coefficient (Wildman–Crippen LogP) is 0.314. The number of carbonyl (C=O) groups excluding carboxylic acids is 1. The van der Waals surface area contributed by atoms with Crippen molar-refractivity contribution in [2.45, 2.75) is 11.1 Å². The molecule has 1 unspecified atom stereocenters. The van der Waals surface area contributed by atoms with E-state index >= 15 is 0 Å². The Kier molecular flexibility index (Phi) is 5.24. The van der Waals surface area contributed by atoms with Crippen LogP contribution in [0.4, 0.5) is 0 Å². The lowest BCUT2D eigenvalue weighted by Crippen LogP contribution is -2.14. The monoisotopic (exact) mass is 243 g/mol. The summed E-state index contributed by atoms with van der Waals surface area (Å²) in [7, 11) is 1.31. The predicted molar refractivity (Wildman–Crippen MR) is 59.4 cm³/mol. The first-order chi connectivity index (χ1) is 7.67. The van der Waals surface area contributed by atoms with Gasteiger partial charge >= 0.3 is 5.97 Å². The molecule has 16 heavy (non-hydrogen) atoms. The Morgan fingerprint density at radius 3 is 3.06 bits per heavy atom. The minimum atomic E-state index is -0.784. The van der Waals surface area contributed by atoms with Gasteiger partial charge in [-0.25, -0.2) is 9.78 Å². The van der Waals surface area contributed by atoms with Crippen molar-refractivity contribution in [2.24, 2.45) is 0 Å². The molecule has 0 aliphatic carbocycles. The second kappa shape index (κ2) is 6.47. The summed E-state index contributed by atoms with van der Waals surface area (Å²) in [5, 5.41) is 18.4. The van der Waals surface area contributed by atoms with E-state index in [4.69, 9.17) is 10.2 Å². The molecule has 1 heterocycles. The first kappa shape index (κ1) is 13.0. The van der Waals surface area contributed by atoms with Gasteiger partial charge in [0, 0.05) is 11.9 Å². The molecule has 0 radical (unpaired) electrons. The number of aliphatic hydroxyl groups excluding tert-OH is 2. The normalized spacial score (nSPS) is 12.2. The number of nitrogens with zero attached hydrogens (tertiary/aromatic N) is 1. The van der Waals surface area contributed by atoms with Crippen LogP contribution >= 0.6 is 11.8 Å². The van der Waals surface area contributed by atoms with E-state index in [2.05, 4.69) is 9.72 Å². The highest BCUT2D eigenvalue weighted by atomic mass is 32.2. The molecule has 6 heteroatoms. The number of hydrogen-bond acceptors (Lipinski definition) is 6. The van der Waals surface area contributed by atoms with E-state index in [1.807, 2.05) is 0 Å². The molecule has 1 atom stereocenters. The number of pyridine rings is 1. The maximum atomic E-state index is 11.2. The summed E-state index contributed by atoms with van der Waals surface area (Å²) in [6.45, 7) is -0.288. The molecule has 0 amide bonds. The van der Waals surface area contributed by atoms with Gasteiger partial charge in [-0.1, -0.05) is 0 Å². The van der Waals surface area contributed by atoms with Crippen molar-refractivity contribution in [3.63, 3.8) is 0 Å². The van der Waals surface area contributed by atoms with Crippen LogP contribution < -0.4 is 0 Å². The standard InChI is InChI=1S/C10H13NO4S/c1-15-10(14)7-2-3-11-9(4-7)16-6-8(13)5-12/h2-4,8,12-13H,5-6H2,1H3. The van der Waals surface area contributed by atoms with E-state index in [1.54, 1.807) is 12.1 Å². The van der Waals surface area contributed by atoms with Gasteiger partial charge in [0.05, 0.1) is 30.4 Å². The first-order valence-electron chi connectivity index (χ1n) is 4.63. The van der Waals surface area contributed by atoms with E-state index in [1.165, 1.54) is 25.1 Å². The Hall–Kier alpha value is -1.11. The van der Waals surface area contributed by atoms with Crippen LogP contribution in [-0.2, 0) is 4.74 Å². The number of rotatable bonds is 5. The SMILES string of the molecule is COC(=O)c1ccnc(SCC(O)CO)c1. The number of aromatic nitrogens is 1. The Morgan fingerprint density at radius 2 is 2.44 bits per heavy atom. The molecule has 0 bridgehead atoms. The lowest BCUT2D eigenvalue weighted by atomic mass is 10.3. The number of thioether (sulfide) groups is 1. The van der Waals surface area contributed by atoms with Gasteiger partial charge in [0.15, 0.2) is 0 Å². The minimum absolute atomic E-state index is 0.288. The number of hydrogen-bond donors (Lipinski definition) is 2. The van der Waals surface area contributed by atoms with Crippen LogP contribution in [0.25, 0.3) is 0 Å². The van der Waals surface area contributed by atoms with Crippen LogP contribution in [0.15, 0.2) is 23.4 Å². The van der Waals surface area contributed by atoms with Crippen molar-refractivity contribution < 1.29 is 19.7 Å². The van der Waals surface area contributed by atoms with Crippen LogP contribution in [0.2, 0.25) is 0 Å². The lowest BCUT2D eigenvalue weighted by Gasteiger charge is -2.06.